The first-order chi connectivity index (χ1) is 14.7. The van der Waals surface area contributed by atoms with Crippen molar-refractivity contribution in [2.24, 2.45) is 0 Å². The normalized spacial score (nSPS) is 13.6. The summed E-state index contributed by atoms with van der Waals surface area (Å²) >= 11 is 0. The first kappa shape index (κ1) is 19.9. The molecule has 1 heterocycles. The van der Waals surface area contributed by atoms with Gasteiger partial charge in [-0.3, -0.25) is 4.79 Å². The van der Waals surface area contributed by atoms with E-state index in [2.05, 4.69) is 24.3 Å². The van der Waals surface area contributed by atoms with Crippen LogP contribution in [0.5, 0.6) is 0 Å². The van der Waals surface area contributed by atoms with E-state index in [-0.39, 0.29) is 5.91 Å². The lowest BCUT2D eigenvalue weighted by molar-refractivity contribution is 0.0303. The summed E-state index contributed by atoms with van der Waals surface area (Å²) in [6.45, 7) is 2.48. The second kappa shape index (κ2) is 9.39. The minimum Gasteiger partial charge on any atom is -0.378 e. The molecule has 0 spiro atoms. The zero-order chi connectivity index (χ0) is 20.8. The van der Waals surface area contributed by atoms with Gasteiger partial charge in [0.1, 0.15) is 0 Å². The van der Waals surface area contributed by atoms with E-state index in [0.29, 0.717) is 43.9 Å². The van der Waals surface area contributed by atoms with Gasteiger partial charge in [0.05, 0.1) is 24.8 Å². The molecule has 3 aromatic rings. The highest BCUT2D eigenvalue weighted by atomic mass is 16.5. The number of hydrogen-bond donors (Lipinski definition) is 0. The monoisotopic (exact) mass is 396 g/mol. The third-order valence-corrected chi connectivity index (χ3v) is 5.44. The predicted octanol–water partition coefficient (Wildman–Crippen LogP) is 4.21. The summed E-state index contributed by atoms with van der Waals surface area (Å²) in [6, 6.07) is 26.4. The maximum atomic E-state index is 12.6. The van der Waals surface area contributed by atoms with Gasteiger partial charge in [-0.05, 0) is 53.3 Å². The van der Waals surface area contributed by atoms with Crippen LogP contribution in [0.15, 0.2) is 72.8 Å². The minimum absolute atomic E-state index is 0.0489. The molecule has 0 bridgehead atoms. The van der Waals surface area contributed by atoms with Crippen LogP contribution in [-0.4, -0.2) is 37.1 Å². The molecule has 0 aromatic heterocycles. The molecule has 4 nitrogen and oxygen atoms in total. The summed E-state index contributed by atoms with van der Waals surface area (Å²) < 4.78 is 5.31. The van der Waals surface area contributed by atoms with E-state index >= 15 is 0 Å². The van der Waals surface area contributed by atoms with Crippen LogP contribution < -0.4 is 0 Å². The Kier molecular flexibility index (Phi) is 6.22. The van der Waals surface area contributed by atoms with Crippen molar-refractivity contribution in [3.8, 4) is 6.07 Å². The van der Waals surface area contributed by atoms with Gasteiger partial charge in [0.15, 0.2) is 0 Å². The number of carbonyl (C=O) groups is 1. The Bertz CT molecular complexity index is 1050. The van der Waals surface area contributed by atoms with Crippen molar-refractivity contribution in [1.29, 1.82) is 5.26 Å². The largest absolute Gasteiger partial charge is 0.378 e. The van der Waals surface area contributed by atoms with Crippen LogP contribution in [0.3, 0.4) is 0 Å². The molecule has 1 aliphatic heterocycles. The number of amides is 1. The lowest BCUT2D eigenvalue weighted by Gasteiger charge is -2.26. The quantitative estimate of drug-likeness (QED) is 0.649. The fraction of sp³-hybridized carbons (Fsp3) is 0.231. The molecule has 1 amide bonds. The molecule has 4 rings (SSSR count). The molecule has 0 aliphatic carbocycles. The standard InChI is InChI=1S/C26H24N2O2/c27-19-25-18-22(16-20-4-2-1-3-5-20)8-11-24(25)17-21-6-9-23(10-7-21)26(29)28-12-14-30-15-13-28/h1-11,18H,12-17H2. The van der Waals surface area contributed by atoms with Crippen molar-refractivity contribution in [3.05, 3.63) is 106 Å². The fourth-order valence-electron chi connectivity index (χ4n) is 3.76. The SMILES string of the molecule is N#Cc1cc(Cc2ccccc2)ccc1Cc1ccc(C(=O)N2CCOCC2)cc1. The van der Waals surface area contributed by atoms with Crippen molar-refractivity contribution in [3.63, 3.8) is 0 Å². The van der Waals surface area contributed by atoms with Crippen LogP contribution in [-0.2, 0) is 17.6 Å². The number of benzene rings is 3. The Labute approximate surface area is 177 Å². The van der Waals surface area contributed by atoms with Crippen LogP contribution in [0, 0.1) is 11.3 Å². The summed E-state index contributed by atoms with van der Waals surface area (Å²) in [4.78, 5) is 14.4. The molecule has 0 unspecified atom stereocenters. The van der Waals surface area contributed by atoms with E-state index in [1.807, 2.05) is 59.5 Å². The number of ether oxygens (including phenoxy) is 1. The molecule has 1 aliphatic rings. The summed E-state index contributed by atoms with van der Waals surface area (Å²) in [6.07, 6.45) is 1.48. The van der Waals surface area contributed by atoms with Crippen LogP contribution in [0.25, 0.3) is 0 Å². The zero-order valence-corrected chi connectivity index (χ0v) is 16.9. The number of rotatable bonds is 5. The molecular weight excluding hydrogens is 372 g/mol. The number of nitriles is 1. The van der Waals surface area contributed by atoms with E-state index < -0.39 is 0 Å². The lowest BCUT2D eigenvalue weighted by Crippen LogP contribution is -2.40. The predicted molar refractivity (Wildman–Crippen MR) is 116 cm³/mol. The van der Waals surface area contributed by atoms with Crippen LogP contribution in [0.2, 0.25) is 0 Å². The van der Waals surface area contributed by atoms with Gasteiger partial charge < -0.3 is 9.64 Å². The highest BCUT2D eigenvalue weighted by molar-refractivity contribution is 5.94. The Morgan fingerprint density at radius 3 is 2.23 bits per heavy atom. The average molecular weight is 396 g/mol. The van der Waals surface area contributed by atoms with Crippen LogP contribution >= 0.6 is 0 Å². The zero-order valence-electron chi connectivity index (χ0n) is 16.9. The van der Waals surface area contributed by atoms with Crippen molar-refractivity contribution < 1.29 is 9.53 Å². The van der Waals surface area contributed by atoms with E-state index in [0.717, 1.165) is 23.1 Å². The van der Waals surface area contributed by atoms with Gasteiger partial charge in [0.25, 0.3) is 5.91 Å². The molecule has 0 N–H and O–H groups in total. The van der Waals surface area contributed by atoms with Gasteiger partial charge in [-0.1, -0.05) is 54.6 Å². The van der Waals surface area contributed by atoms with Gasteiger partial charge in [0, 0.05) is 18.7 Å². The number of carbonyl (C=O) groups excluding carboxylic acids is 1. The molecular formula is C26H24N2O2. The van der Waals surface area contributed by atoms with E-state index in [1.165, 1.54) is 5.56 Å². The van der Waals surface area contributed by atoms with Gasteiger partial charge in [-0.2, -0.15) is 5.26 Å². The topological polar surface area (TPSA) is 53.3 Å². The summed E-state index contributed by atoms with van der Waals surface area (Å²) in [5.74, 6) is 0.0489. The number of morpholine rings is 1. The van der Waals surface area contributed by atoms with Crippen molar-refractivity contribution in [1.82, 2.24) is 4.90 Å². The Morgan fingerprint density at radius 2 is 1.53 bits per heavy atom. The van der Waals surface area contributed by atoms with Crippen molar-refractivity contribution in [2.45, 2.75) is 12.8 Å². The van der Waals surface area contributed by atoms with Gasteiger partial charge in [-0.25, -0.2) is 0 Å². The highest BCUT2D eigenvalue weighted by Crippen LogP contribution is 2.19. The van der Waals surface area contributed by atoms with E-state index in [9.17, 15) is 10.1 Å². The molecule has 3 aromatic carbocycles. The molecule has 1 saturated heterocycles. The molecule has 4 heteroatoms. The number of hydrogen-bond acceptors (Lipinski definition) is 3. The smallest absolute Gasteiger partial charge is 0.254 e. The molecule has 0 atom stereocenters. The van der Waals surface area contributed by atoms with E-state index in [4.69, 9.17) is 4.74 Å². The summed E-state index contributed by atoms with van der Waals surface area (Å²) in [7, 11) is 0. The first-order valence-corrected chi connectivity index (χ1v) is 10.2. The molecule has 1 fully saturated rings. The third kappa shape index (κ3) is 4.76. The lowest BCUT2D eigenvalue weighted by atomic mass is 9.95. The van der Waals surface area contributed by atoms with Crippen molar-refractivity contribution in [2.75, 3.05) is 26.3 Å². The van der Waals surface area contributed by atoms with Crippen LogP contribution in [0.1, 0.15) is 38.2 Å². The summed E-state index contributed by atoms with van der Waals surface area (Å²) in [5.41, 5.74) is 5.85. The van der Waals surface area contributed by atoms with Gasteiger partial charge >= 0.3 is 0 Å². The average Bonchev–Trinajstić information content (AvgIpc) is 2.81. The highest BCUT2D eigenvalue weighted by Gasteiger charge is 2.18. The summed E-state index contributed by atoms with van der Waals surface area (Å²) in [5, 5.41) is 9.64. The fourth-order valence-corrected chi connectivity index (χ4v) is 3.76. The molecule has 0 saturated carbocycles. The molecule has 150 valence electrons. The first-order valence-electron chi connectivity index (χ1n) is 10.2. The van der Waals surface area contributed by atoms with E-state index in [1.54, 1.807) is 0 Å². The Balaban J connectivity index is 1.45. The third-order valence-electron chi connectivity index (χ3n) is 5.44. The maximum absolute atomic E-state index is 12.6. The Morgan fingerprint density at radius 1 is 0.867 bits per heavy atom. The number of nitrogens with zero attached hydrogens (tertiary/aromatic N) is 2. The van der Waals surface area contributed by atoms with Gasteiger partial charge in [-0.15, -0.1) is 0 Å². The minimum atomic E-state index is 0.0489. The Hall–Kier alpha value is -3.42. The van der Waals surface area contributed by atoms with Gasteiger partial charge in [0.2, 0.25) is 0 Å². The van der Waals surface area contributed by atoms with Crippen molar-refractivity contribution >= 4 is 5.91 Å². The molecule has 0 radical (unpaired) electrons. The van der Waals surface area contributed by atoms with Crippen LogP contribution in [0.4, 0.5) is 0 Å². The second-order valence-electron chi connectivity index (χ2n) is 7.54. The maximum Gasteiger partial charge on any atom is 0.254 e. The second-order valence-corrected chi connectivity index (χ2v) is 7.54. The molecule has 30 heavy (non-hydrogen) atoms.